The molecule has 1 N–H and O–H groups in total. The van der Waals surface area contributed by atoms with Crippen LogP contribution in [0.3, 0.4) is 0 Å². The predicted molar refractivity (Wildman–Crippen MR) is 77.6 cm³/mol. The molecule has 3 heteroatoms. The van der Waals surface area contributed by atoms with Gasteiger partial charge in [-0.05, 0) is 31.7 Å². The van der Waals surface area contributed by atoms with E-state index in [1.54, 1.807) is 12.1 Å². The van der Waals surface area contributed by atoms with Crippen LogP contribution in [0.15, 0.2) is 24.3 Å². The van der Waals surface area contributed by atoms with Crippen molar-refractivity contribution < 1.29 is 9.13 Å². The predicted octanol–water partition coefficient (Wildman–Crippen LogP) is 3.76. The van der Waals surface area contributed by atoms with Gasteiger partial charge in [0.25, 0.3) is 0 Å². The minimum absolute atomic E-state index is 0.194. The van der Waals surface area contributed by atoms with Crippen LogP contribution in [0, 0.1) is 11.7 Å². The second-order valence-electron chi connectivity index (χ2n) is 5.47. The highest BCUT2D eigenvalue weighted by molar-refractivity contribution is 5.16. The molecule has 1 aromatic rings. The van der Waals surface area contributed by atoms with Crippen LogP contribution in [0.25, 0.3) is 0 Å². The second-order valence-corrected chi connectivity index (χ2v) is 5.47. The summed E-state index contributed by atoms with van der Waals surface area (Å²) in [6.45, 7) is 8.44. The Morgan fingerprint density at radius 2 is 1.89 bits per heavy atom. The first-order valence-electron chi connectivity index (χ1n) is 7.14. The lowest BCUT2D eigenvalue weighted by atomic mass is 10.0. The summed E-state index contributed by atoms with van der Waals surface area (Å²) < 4.78 is 18.8. The normalized spacial score (nSPS) is 12.9. The Morgan fingerprint density at radius 3 is 2.58 bits per heavy atom. The standard InChI is InChI=1S/C16H26FNO/c1-13(2)8-9-14(3)18-10-11-19-12-15-6-4-5-7-16(15)17/h4-7,13-14,18H,8-12H2,1-3H3. The zero-order valence-electron chi connectivity index (χ0n) is 12.3. The highest BCUT2D eigenvalue weighted by Gasteiger charge is 2.03. The van der Waals surface area contributed by atoms with Crippen molar-refractivity contribution in [2.45, 2.75) is 46.3 Å². The van der Waals surface area contributed by atoms with Crippen LogP contribution < -0.4 is 5.32 Å². The molecule has 0 radical (unpaired) electrons. The maximum Gasteiger partial charge on any atom is 0.128 e. The fraction of sp³-hybridized carbons (Fsp3) is 0.625. The molecule has 19 heavy (non-hydrogen) atoms. The summed E-state index contributed by atoms with van der Waals surface area (Å²) >= 11 is 0. The van der Waals surface area contributed by atoms with E-state index in [2.05, 4.69) is 26.1 Å². The Morgan fingerprint density at radius 1 is 1.16 bits per heavy atom. The molecule has 0 amide bonds. The molecular weight excluding hydrogens is 241 g/mol. The van der Waals surface area contributed by atoms with Crippen molar-refractivity contribution in [2.24, 2.45) is 5.92 Å². The van der Waals surface area contributed by atoms with E-state index in [0.29, 0.717) is 24.8 Å². The molecule has 0 aromatic heterocycles. The van der Waals surface area contributed by atoms with Crippen molar-refractivity contribution in [3.63, 3.8) is 0 Å². The van der Waals surface area contributed by atoms with Crippen molar-refractivity contribution in [1.29, 1.82) is 0 Å². The molecule has 1 atom stereocenters. The molecule has 2 nitrogen and oxygen atoms in total. The molecule has 0 heterocycles. The van der Waals surface area contributed by atoms with E-state index < -0.39 is 0 Å². The monoisotopic (exact) mass is 267 g/mol. The van der Waals surface area contributed by atoms with Crippen LogP contribution in [-0.2, 0) is 11.3 Å². The average molecular weight is 267 g/mol. The Balaban J connectivity index is 2.07. The maximum absolute atomic E-state index is 13.3. The van der Waals surface area contributed by atoms with E-state index in [0.717, 1.165) is 12.5 Å². The van der Waals surface area contributed by atoms with Crippen LogP contribution in [0.2, 0.25) is 0 Å². The summed E-state index contributed by atoms with van der Waals surface area (Å²) in [4.78, 5) is 0. The van der Waals surface area contributed by atoms with Gasteiger partial charge in [-0.1, -0.05) is 32.0 Å². The van der Waals surface area contributed by atoms with Gasteiger partial charge in [0.05, 0.1) is 13.2 Å². The van der Waals surface area contributed by atoms with Crippen LogP contribution in [0.1, 0.15) is 39.2 Å². The number of ether oxygens (including phenoxy) is 1. The Kier molecular flexibility index (Phi) is 7.68. The summed E-state index contributed by atoms with van der Waals surface area (Å²) in [5.74, 6) is 0.558. The molecule has 0 bridgehead atoms. The Labute approximate surface area is 116 Å². The van der Waals surface area contributed by atoms with E-state index in [1.807, 2.05) is 6.07 Å². The quantitative estimate of drug-likeness (QED) is 0.688. The summed E-state index contributed by atoms with van der Waals surface area (Å²) in [7, 11) is 0. The average Bonchev–Trinajstić information content (AvgIpc) is 2.38. The van der Waals surface area contributed by atoms with Gasteiger partial charge in [0, 0.05) is 18.2 Å². The molecular formula is C16H26FNO. The van der Waals surface area contributed by atoms with Gasteiger partial charge in [0.15, 0.2) is 0 Å². The lowest BCUT2D eigenvalue weighted by molar-refractivity contribution is 0.118. The minimum atomic E-state index is -0.194. The summed E-state index contributed by atoms with van der Waals surface area (Å²) in [5.41, 5.74) is 0.621. The smallest absolute Gasteiger partial charge is 0.128 e. The Bertz CT molecular complexity index is 354. The SMILES string of the molecule is CC(C)CCC(C)NCCOCc1ccccc1F. The number of benzene rings is 1. The molecule has 0 spiro atoms. The van der Waals surface area contributed by atoms with Crippen LogP contribution in [0.4, 0.5) is 4.39 Å². The number of nitrogens with one attached hydrogen (secondary N) is 1. The minimum Gasteiger partial charge on any atom is -0.375 e. The lowest BCUT2D eigenvalue weighted by Gasteiger charge is -2.15. The fourth-order valence-corrected chi connectivity index (χ4v) is 1.86. The molecule has 108 valence electrons. The summed E-state index contributed by atoms with van der Waals surface area (Å²) in [5, 5.41) is 3.42. The molecule has 0 aliphatic rings. The third kappa shape index (κ3) is 7.28. The van der Waals surface area contributed by atoms with Gasteiger partial charge in [-0.15, -0.1) is 0 Å². The van der Waals surface area contributed by atoms with Crippen LogP contribution in [0.5, 0.6) is 0 Å². The van der Waals surface area contributed by atoms with E-state index in [1.165, 1.54) is 18.9 Å². The molecule has 1 aromatic carbocycles. The van der Waals surface area contributed by atoms with Crippen LogP contribution >= 0.6 is 0 Å². The van der Waals surface area contributed by atoms with Gasteiger partial charge in [-0.3, -0.25) is 0 Å². The van der Waals surface area contributed by atoms with Gasteiger partial charge in [0.2, 0.25) is 0 Å². The maximum atomic E-state index is 13.3. The van der Waals surface area contributed by atoms with Crippen molar-refractivity contribution in [1.82, 2.24) is 5.32 Å². The first-order chi connectivity index (χ1) is 9.09. The van der Waals surface area contributed by atoms with Crippen LogP contribution in [-0.4, -0.2) is 19.2 Å². The molecule has 0 saturated carbocycles. The first-order valence-corrected chi connectivity index (χ1v) is 7.14. The highest BCUT2D eigenvalue weighted by Crippen LogP contribution is 2.08. The zero-order valence-corrected chi connectivity index (χ0v) is 12.3. The van der Waals surface area contributed by atoms with Gasteiger partial charge in [-0.25, -0.2) is 4.39 Å². The number of hydrogen-bond acceptors (Lipinski definition) is 2. The summed E-state index contributed by atoms with van der Waals surface area (Å²) in [6, 6.07) is 7.25. The molecule has 0 fully saturated rings. The molecule has 1 unspecified atom stereocenters. The van der Waals surface area contributed by atoms with Crippen molar-refractivity contribution in [3.05, 3.63) is 35.6 Å². The topological polar surface area (TPSA) is 21.3 Å². The molecule has 1 rings (SSSR count). The van der Waals surface area contributed by atoms with Gasteiger partial charge < -0.3 is 10.1 Å². The van der Waals surface area contributed by atoms with Crippen molar-refractivity contribution in [3.8, 4) is 0 Å². The van der Waals surface area contributed by atoms with Crippen molar-refractivity contribution >= 4 is 0 Å². The van der Waals surface area contributed by atoms with Gasteiger partial charge >= 0.3 is 0 Å². The molecule has 0 saturated heterocycles. The number of halogens is 1. The van der Waals surface area contributed by atoms with Crippen molar-refractivity contribution in [2.75, 3.05) is 13.2 Å². The van der Waals surface area contributed by atoms with Gasteiger partial charge in [-0.2, -0.15) is 0 Å². The first kappa shape index (κ1) is 16.1. The fourth-order valence-electron chi connectivity index (χ4n) is 1.86. The highest BCUT2D eigenvalue weighted by atomic mass is 19.1. The van der Waals surface area contributed by atoms with E-state index in [4.69, 9.17) is 4.74 Å². The molecule has 0 aliphatic heterocycles. The third-order valence-corrected chi connectivity index (χ3v) is 3.13. The molecule has 0 aliphatic carbocycles. The second kappa shape index (κ2) is 9.05. The number of rotatable bonds is 9. The third-order valence-electron chi connectivity index (χ3n) is 3.13. The number of hydrogen-bond donors (Lipinski definition) is 1. The summed E-state index contributed by atoms with van der Waals surface area (Å²) in [6.07, 6.45) is 2.43. The Hall–Kier alpha value is -0.930. The van der Waals surface area contributed by atoms with E-state index >= 15 is 0 Å². The van der Waals surface area contributed by atoms with Gasteiger partial charge in [0.1, 0.15) is 5.82 Å². The zero-order chi connectivity index (χ0) is 14.1. The van der Waals surface area contributed by atoms with E-state index in [-0.39, 0.29) is 5.82 Å². The van der Waals surface area contributed by atoms with E-state index in [9.17, 15) is 4.39 Å². The lowest BCUT2D eigenvalue weighted by Crippen LogP contribution is -2.29. The largest absolute Gasteiger partial charge is 0.375 e.